The molecule has 0 amide bonds. The van der Waals surface area contributed by atoms with Crippen LogP contribution in [0.4, 0.5) is 4.39 Å². The second kappa shape index (κ2) is 9.05. The van der Waals surface area contributed by atoms with E-state index >= 15 is 0 Å². The maximum atomic E-state index is 13.5. The average molecular weight is 462 g/mol. The Bertz CT molecular complexity index is 1430. The molecule has 0 spiro atoms. The van der Waals surface area contributed by atoms with Gasteiger partial charge in [0.1, 0.15) is 23.6 Å². The van der Waals surface area contributed by atoms with Gasteiger partial charge in [-0.1, -0.05) is 30.3 Å². The van der Waals surface area contributed by atoms with Crippen LogP contribution in [0.2, 0.25) is 0 Å². The molecule has 3 heterocycles. The van der Waals surface area contributed by atoms with Gasteiger partial charge in [-0.25, -0.2) is 18.6 Å². The third-order valence-corrected chi connectivity index (χ3v) is 5.95. The summed E-state index contributed by atoms with van der Waals surface area (Å²) in [6, 6.07) is 17.9. The van der Waals surface area contributed by atoms with Crippen LogP contribution < -0.4 is 5.14 Å². The first-order valence-corrected chi connectivity index (χ1v) is 11.7. The molecule has 0 radical (unpaired) electrons. The summed E-state index contributed by atoms with van der Waals surface area (Å²) in [7, 11) is -1.36. The molecule has 33 heavy (non-hydrogen) atoms. The highest BCUT2D eigenvalue weighted by molar-refractivity contribution is 7.82. The highest BCUT2D eigenvalue weighted by Gasteiger charge is 2.20. The molecular weight excluding hydrogens is 441 g/mol. The number of nitrogens with two attached hydrogens (primary N) is 1. The molecule has 9 heteroatoms. The highest BCUT2D eigenvalue weighted by Crippen LogP contribution is 2.36. The lowest BCUT2D eigenvalue weighted by Gasteiger charge is -2.03. The summed E-state index contributed by atoms with van der Waals surface area (Å²) in [5, 5.41) is 10.9. The van der Waals surface area contributed by atoms with Crippen molar-refractivity contribution in [3.05, 3.63) is 79.0 Å². The minimum atomic E-state index is -1.36. The van der Waals surface area contributed by atoms with Crippen molar-refractivity contribution in [2.24, 2.45) is 5.14 Å². The molecule has 5 aromatic rings. The zero-order valence-electron chi connectivity index (χ0n) is 17.5. The number of benzene rings is 2. The van der Waals surface area contributed by atoms with Crippen molar-refractivity contribution in [1.82, 2.24) is 19.7 Å². The van der Waals surface area contributed by atoms with Gasteiger partial charge in [0.2, 0.25) is 5.71 Å². The fourth-order valence-electron chi connectivity index (χ4n) is 3.71. The van der Waals surface area contributed by atoms with E-state index in [0.717, 1.165) is 22.1 Å². The first kappa shape index (κ1) is 21.2. The minimum absolute atomic E-state index is 0.322. The molecule has 0 aliphatic rings. The number of rotatable bonds is 7. The van der Waals surface area contributed by atoms with E-state index in [2.05, 4.69) is 9.97 Å². The summed E-state index contributed by atoms with van der Waals surface area (Å²) in [6.45, 7) is 0.534. The van der Waals surface area contributed by atoms with Crippen molar-refractivity contribution in [1.29, 1.82) is 0 Å². The Morgan fingerprint density at radius 2 is 1.79 bits per heavy atom. The van der Waals surface area contributed by atoms with Gasteiger partial charge >= 0.3 is 0 Å². The molecule has 0 fully saturated rings. The monoisotopic (exact) mass is 461 g/mol. The number of hydrogen-bond acceptors (Lipinski definition) is 5. The molecule has 0 aliphatic heterocycles. The number of hydrogen-bond donors (Lipinski definition) is 1. The Morgan fingerprint density at radius 1 is 1.00 bits per heavy atom. The first-order chi connectivity index (χ1) is 16.1. The summed E-state index contributed by atoms with van der Waals surface area (Å²) >= 11 is 0. The molecule has 5 rings (SSSR count). The van der Waals surface area contributed by atoms with E-state index in [1.807, 2.05) is 42.6 Å². The summed E-state index contributed by atoms with van der Waals surface area (Å²) < 4.78 is 32.6. The second-order valence-electron chi connectivity index (χ2n) is 7.52. The summed E-state index contributed by atoms with van der Waals surface area (Å²) in [5.74, 6) is 0.742. The average Bonchev–Trinajstić information content (AvgIpc) is 3.44. The molecule has 166 valence electrons. The van der Waals surface area contributed by atoms with Crippen molar-refractivity contribution in [2.45, 2.75) is 13.0 Å². The Kier molecular flexibility index (Phi) is 5.80. The molecule has 1 unspecified atom stereocenters. The van der Waals surface area contributed by atoms with Crippen molar-refractivity contribution in [3.8, 4) is 33.8 Å². The molecule has 0 saturated heterocycles. The van der Waals surface area contributed by atoms with E-state index in [1.54, 1.807) is 16.8 Å². The quantitative estimate of drug-likeness (QED) is 0.383. The Balaban J connectivity index is 1.62. The van der Waals surface area contributed by atoms with E-state index < -0.39 is 11.0 Å². The van der Waals surface area contributed by atoms with Crippen LogP contribution in [-0.4, -0.2) is 29.7 Å². The Morgan fingerprint density at radius 3 is 2.55 bits per heavy atom. The van der Waals surface area contributed by atoms with Gasteiger partial charge in [-0.3, -0.25) is 9.82 Å². The van der Waals surface area contributed by atoms with Crippen LogP contribution in [0, 0.1) is 5.82 Å². The first-order valence-electron chi connectivity index (χ1n) is 10.3. The zero-order chi connectivity index (χ0) is 22.8. The lowest BCUT2D eigenvalue weighted by Crippen LogP contribution is -2.10. The van der Waals surface area contributed by atoms with E-state index in [-0.39, 0.29) is 5.82 Å². The summed E-state index contributed by atoms with van der Waals surface area (Å²) in [4.78, 5) is 8.84. The van der Waals surface area contributed by atoms with Gasteiger partial charge in [0, 0.05) is 35.2 Å². The maximum Gasteiger partial charge on any atom is 0.230 e. The normalized spacial score (nSPS) is 12.3. The lowest BCUT2D eigenvalue weighted by atomic mass is 10.0. The van der Waals surface area contributed by atoms with Crippen molar-refractivity contribution < 1.29 is 13.0 Å². The molecule has 3 aromatic heterocycles. The summed E-state index contributed by atoms with van der Waals surface area (Å²) in [6.07, 6.45) is 3.95. The predicted molar refractivity (Wildman–Crippen MR) is 126 cm³/mol. The zero-order valence-corrected chi connectivity index (χ0v) is 18.3. The second-order valence-corrected chi connectivity index (χ2v) is 8.69. The van der Waals surface area contributed by atoms with Gasteiger partial charge < -0.3 is 4.42 Å². The van der Waals surface area contributed by atoms with Crippen LogP contribution in [0.3, 0.4) is 0 Å². The van der Waals surface area contributed by atoms with Crippen LogP contribution in [0.25, 0.3) is 44.9 Å². The van der Waals surface area contributed by atoms with Crippen molar-refractivity contribution in [2.75, 3.05) is 5.75 Å². The van der Waals surface area contributed by atoms with Gasteiger partial charge in [0.15, 0.2) is 0 Å². The maximum absolute atomic E-state index is 13.5. The van der Waals surface area contributed by atoms with Crippen molar-refractivity contribution >= 4 is 22.1 Å². The van der Waals surface area contributed by atoms with E-state index in [1.165, 1.54) is 18.5 Å². The van der Waals surface area contributed by atoms with Crippen LogP contribution in [-0.2, 0) is 17.5 Å². The van der Waals surface area contributed by atoms with Gasteiger partial charge in [0.05, 0.1) is 22.1 Å². The lowest BCUT2D eigenvalue weighted by molar-refractivity contribution is 0.602. The highest BCUT2D eigenvalue weighted by atomic mass is 32.2. The van der Waals surface area contributed by atoms with Crippen LogP contribution >= 0.6 is 0 Å². The molecule has 1 atom stereocenters. The third-order valence-electron chi connectivity index (χ3n) is 5.25. The Labute approximate surface area is 191 Å². The van der Waals surface area contributed by atoms with Gasteiger partial charge in [0.25, 0.3) is 0 Å². The SMILES string of the molecule is NS(=O)CCCn1cc(-c2ncnc3oc(-c4ccccc4)cc23)c(-c2ccc(F)cc2)n1. The minimum Gasteiger partial charge on any atom is -0.438 e. The smallest absolute Gasteiger partial charge is 0.230 e. The molecular formula is C24H20FN5O2S. The molecule has 0 saturated carbocycles. The number of furan rings is 1. The molecule has 2 N–H and O–H groups in total. The molecule has 0 bridgehead atoms. The van der Waals surface area contributed by atoms with Crippen LogP contribution in [0.1, 0.15) is 6.42 Å². The Hall–Kier alpha value is -3.69. The third kappa shape index (κ3) is 4.46. The van der Waals surface area contributed by atoms with E-state index in [9.17, 15) is 8.60 Å². The molecule has 7 nitrogen and oxygen atoms in total. The number of halogens is 1. The molecule has 0 aliphatic carbocycles. The summed E-state index contributed by atoms with van der Waals surface area (Å²) in [5.41, 5.74) is 4.25. The van der Waals surface area contributed by atoms with Gasteiger partial charge in [-0.15, -0.1) is 0 Å². The van der Waals surface area contributed by atoms with Crippen LogP contribution in [0.5, 0.6) is 0 Å². The van der Waals surface area contributed by atoms with Crippen molar-refractivity contribution in [3.63, 3.8) is 0 Å². The number of fused-ring (bicyclic) bond motifs is 1. The van der Waals surface area contributed by atoms with Gasteiger partial charge in [-0.05, 0) is 36.8 Å². The number of aromatic nitrogens is 4. The van der Waals surface area contributed by atoms with Gasteiger partial charge in [-0.2, -0.15) is 5.10 Å². The fraction of sp³-hybridized carbons (Fsp3) is 0.125. The van der Waals surface area contributed by atoms with E-state index in [0.29, 0.717) is 41.6 Å². The largest absolute Gasteiger partial charge is 0.438 e. The number of nitrogens with zero attached hydrogens (tertiary/aromatic N) is 4. The predicted octanol–water partition coefficient (Wildman–Crippen LogP) is 4.57. The van der Waals surface area contributed by atoms with Crippen LogP contribution in [0.15, 0.2) is 77.6 Å². The standard InChI is InChI=1S/C24H20FN5O2S/c25-18-9-7-17(8-10-18)22-20(14-30(29-22)11-4-12-33(26)31)23-19-13-21(16-5-2-1-3-6-16)32-24(19)28-15-27-23/h1-3,5-10,13-15H,4,11-12,26H2. The fourth-order valence-corrected chi connectivity index (χ4v) is 4.13. The molecule has 2 aromatic carbocycles. The number of aryl methyl sites for hydroxylation is 1. The van der Waals surface area contributed by atoms with E-state index in [4.69, 9.17) is 14.7 Å². The topological polar surface area (TPSA) is 99.8 Å².